The van der Waals surface area contributed by atoms with Gasteiger partial charge < -0.3 is 14.8 Å². The number of methoxy groups -OCH3 is 1. The molecule has 0 fully saturated rings. The molecule has 112 valence electrons. The van der Waals surface area contributed by atoms with Crippen molar-refractivity contribution < 1.29 is 18.3 Å². The largest absolute Gasteiger partial charge is 0.493 e. The van der Waals surface area contributed by atoms with Gasteiger partial charge in [-0.25, -0.2) is 8.78 Å². The van der Waals surface area contributed by atoms with Gasteiger partial charge in [0.2, 0.25) is 0 Å². The number of ether oxygens (including phenoxy) is 2. The molecule has 0 amide bonds. The van der Waals surface area contributed by atoms with E-state index in [1.807, 2.05) is 19.1 Å². The molecule has 0 aliphatic rings. The molecule has 2 rings (SSSR count). The smallest absolute Gasteiger partial charge is 0.181 e. The molecule has 21 heavy (non-hydrogen) atoms. The Morgan fingerprint density at radius 1 is 1.10 bits per heavy atom. The molecular formula is C16H17F2NO2. The predicted molar refractivity (Wildman–Crippen MR) is 77.8 cm³/mol. The Morgan fingerprint density at radius 3 is 2.62 bits per heavy atom. The standard InChI is InChI=1S/C16H17F2NO2/c1-3-21-15-9-11(7-8-14(15)20-2)10-19-13-6-4-5-12(17)16(13)18/h4-9,19H,3,10H2,1-2H3. The SMILES string of the molecule is CCOc1cc(CNc2cccc(F)c2F)ccc1OC. The third-order valence-corrected chi connectivity index (χ3v) is 2.96. The van der Waals surface area contributed by atoms with E-state index in [1.165, 1.54) is 12.1 Å². The number of hydrogen-bond donors (Lipinski definition) is 1. The van der Waals surface area contributed by atoms with E-state index in [0.717, 1.165) is 11.6 Å². The van der Waals surface area contributed by atoms with Gasteiger partial charge in [-0.05, 0) is 36.8 Å². The van der Waals surface area contributed by atoms with Gasteiger partial charge in [0.1, 0.15) is 0 Å². The van der Waals surface area contributed by atoms with E-state index in [2.05, 4.69) is 5.32 Å². The van der Waals surface area contributed by atoms with Crippen molar-refractivity contribution in [3.05, 3.63) is 53.6 Å². The summed E-state index contributed by atoms with van der Waals surface area (Å²) in [5.74, 6) is -0.489. The molecule has 3 nitrogen and oxygen atoms in total. The van der Waals surface area contributed by atoms with E-state index in [4.69, 9.17) is 9.47 Å². The molecule has 0 heterocycles. The fourth-order valence-corrected chi connectivity index (χ4v) is 1.94. The van der Waals surface area contributed by atoms with Crippen LogP contribution in [0.1, 0.15) is 12.5 Å². The van der Waals surface area contributed by atoms with E-state index in [9.17, 15) is 8.78 Å². The molecule has 0 saturated carbocycles. The maximum absolute atomic E-state index is 13.5. The third-order valence-electron chi connectivity index (χ3n) is 2.96. The predicted octanol–water partition coefficient (Wildman–Crippen LogP) is 3.98. The third kappa shape index (κ3) is 3.62. The highest BCUT2D eigenvalue weighted by atomic mass is 19.2. The first-order valence-corrected chi connectivity index (χ1v) is 6.63. The summed E-state index contributed by atoms with van der Waals surface area (Å²) in [5, 5.41) is 2.87. The zero-order valence-corrected chi connectivity index (χ0v) is 12.0. The molecule has 0 aromatic heterocycles. The summed E-state index contributed by atoms with van der Waals surface area (Å²) in [6.07, 6.45) is 0. The lowest BCUT2D eigenvalue weighted by Crippen LogP contribution is -2.03. The molecule has 2 aromatic rings. The van der Waals surface area contributed by atoms with Crippen LogP contribution in [0.25, 0.3) is 0 Å². The van der Waals surface area contributed by atoms with Gasteiger partial charge in [0, 0.05) is 6.54 Å². The maximum Gasteiger partial charge on any atom is 0.181 e. The monoisotopic (exact) mass is 293 g/mol. The number of nitrogens with one attached hydrogen (secondary N) is 1. The Balaban J connectivity index is 2.13. The molecule has 2 aromatic carbocycles. The van der Waals surface area contributed by atoms with Gasteiger partial charge in [0.15, 0.2) is 23.1 Å². The van der Waals surface area contributed by atoms with Crippen molar-refractivity contribution in [1.82, 2.24) is 0 Å². The lowest BCUT2D eigenvalue weighted by atomic mass is 10.2. The second kappa shape index (κ2) is 6.92. The summed E-state index contributed by atoms with van der Waals surface area (Å²) in [5.41, 5.74) is 1.01. The fourth-order valence-electron chi connectivity index (χ4n) is 1.94. The van der Waals surface area contributed by atoms with Gasteiger partial charge in [-0.3, -0.25) is 0 Å². The van der Waals surface area contributed by atoms with E-state index in [1.54, 1.807) is 13.2 Å². The summed E-state index contributed by atoms with van der Waals surface area (Å²) in [6, 6.07) is 9.47. The average molecular weight is 293 g/mol. The Morgan fingerprint density at radius 2 is 1.90 bits per heavy atom. The minimum Gasteiger partial charge on any atom is -0.493 e. The molecule has 0 spiro atoms. The average Bonchev–Trinajstić information content (AvgIpc) is 2.49. The zero-order valence-electron chi connectivity index (χ0n) is 12.0. The normalized spacial score (nSPS) is 10.3. The maximum atomic E-state index is 13.5. The zero-order chi connectivity index (χ0) is 15.2. The Bertz CT molecular complexity index is 617. The first kappa shape index (κ1) is 15.1. The van der Waals surface area contributed by atoms with E-state index in [0.29, 0.717) is 24.7 Å². The molecule has 0 atom stereocenters. The lowest BCUT2D eigenvalue weighted by Gasteiger charge is -2.12. The highest BCUT2D eigenvalue weighted by molar-refractivity contribution is 5.47. The molecule has 0 saturated heterocycles. The van der Waals surface area contributed by atoms with Crippen LogP contribution < -0.4 is 14.8 Å². The minimum absolute atomic E-state index is 0.128. The van der Waals surface area contributed by atoms with Crippen LogP contribution in [0.4, 0.5) is 14.5 Å². The van der Waals surface area contributed by atoms with Crippen LogP contribution in [0.3, 0.4) is 0 Å². The summed E-state index contributed by atoms with van der Waals surface area (Å²) < 4.78 is 37.3. The number of halogens is 2. The van der Waals surface area contributed by atoms with Gasteiger partial charge in [0.05, 0.1) is 19.4 Å². The Kier molecular flexibility index (Phi) is 4.98. The van der Waals surface area contributed by atoms with E-state index < -0.39 is 11.6 Å². The van der Waals surface area contributed by atoms with Crippen molar-refractivity contribution >= 4 is 5.69 Å². The Hall–Kier alpha value is -2.30. The number of anilines is 1. The summed E-state index contributed by atoms with van der Waals surface area (Å²) >= 11 is 0. The highest BCUT2D eigenvalue weighted by Crippen LogP contribution is 2.28. The molecule has 1 N–H and O–H groups in total. The number of hydrogen-bond acceptors (Lipinski definition) is 3. The van der Waals surface area contributed by atoms with Crippen LogP contribution in [0, 0.1) is 11.6 Å². The van der Waals surface area contributed by atoms with Crippen LogP contribution in [0.2, 0.25) is 0 Å². The first-order valence-electron chi connectivity index (χ1n) is 6.63. The summed E-state index contributed by atoms with van der Waals surface area (Å²) in [4.78, 5) is 0. The van der Waals surface area contributed by atoms with Crippen molar-refractivity contribution in [1.29, 1.82) is 0 Å². The van der Waals surface area contributed by atoms with Crippen LogP contribution >= 0.6 is 0 Å². The quantitative estimate of drug-likeness (QED) is 0.873. The Labute approximate surface area is 122 Å². The van der Waals surface area contributed by atoms with E-state index >= 15 is 0 Å². The van der Waals surface area contributed by atoms with Crippen molar-refractivity contribution in [2.45, 2.75) is 13.5 Å². The number of benzene rings is 2. The van der Waals surface area contributed by atoms with Crippen molar-refractivity contribution in [2.75, 3.05) is 19.0 Å². The topological polar surface area (TPSA) is 30.5 Å². The second-order valence-electron chi connectivity index (χ2n) is 4.37. The van der Waals surface area contributed by atoms with Crippen LogP contribution in [-0.4, -0.2) is 13.7 Å². The van der Waals surface area contributed by atoms with Crippen molar-refractivity contribution in [3.8, 4) is 11.5 Å². The molecule has 0 unspecified atom stereocenters. The van der Waals surface area contributed by atoms with E-state index in [-0.39, 0.29) is 5.69 Å². The number of rotatable bonds is 6. The van der Waals surface area contributed by atoms with Gasteiger partial charge >= 0.3 is 0 Å². The fraction of sp³-hybridized carbons (Fsp3) is 0.250. The van der Waals surface area contributed by atoms with Crippen molar-refractivity contribution in [3.63, 3.8) is 0 Å². The van der Waals surface area contributed by atoms with Gasteiger partial charge in [-0.2, -0.15) is 0 Å². The first-order chi connectivity index (χ1) is 10.2. The molecule has 0 radical (unpaired) electrons. The van der Waals surface area contributed by atoms with Crippen LogP contribution in [-0.2, 0) is 6.54 Å². The van der Waals surface area contributed by atoms with Crippen molar-refractivity contribution in [2.24, 2.45) is 0 Å². The minimum atomic E-state index is -0.879. The highest BCUT2D eigenvalue weighted by Gasteiger charge is 2.08. The molecular weight excluding hydrogens is 276 g/mol. The molecule has 0 bridgehead atoms. The lowest BCUT2D eigenvalue weighted by molar-refractivity contribution is 0.310. The summed E-state index contributed by atoms with van der Waals surface area (Å²) in [6.45, 7) is 2.75. The van der Waals surface area contributed by atoms with Gasteiger partial charge in [0.25, 0.3) is 0 Å². The second-order valence-corrected chi connectivity index (χ2v) is 4.37. The molecule has 0 aliphatic heterocycles. The van der Waals surface area contributed by atoms with Crippen LogP contribution in [0.5, 0.6) is 11.5 Å². The summed E-state index contributed by atoms with van der Waals surface area (Å²) in [7, 11) is 1.57. The molecule has 5 heteroatoms. The van der Waals surface area contributed by atoms with Gasteiger partial charge in [-0.1, -0.05) is 12.1 Å². The van der Waals surface area contributed by atoms with Crippen LogP contribution in [0.15, 0.2) is 36.4 Å². The van der Waals surface area contributed by atoms with Gasteiger partial charge in [-0.15, -0.1) is 0 Å². The molecule has 0 aliphatic carbocycles.